The number of halogens is 1. The molecular formula is C13H13FN4O2. The number of nitrogens with two attached hydrogens (primary N) is 1. The molecule has 0 bridgehead atoms. The molecule has 0 aliphatic heterocycles. The SMILES string of the molecule is COc1cc(C)nc(NC(=O)c2cccc(F)c2N)n1. The Morgan fingerprint density at radius 1 is 1.40 bits per heavy atom. The monoisotopic (exact) mass is 276 g/mol. The van der Waals surface area contributed by atoms with Crippen molar-refractivity contribution >= 4 is 17.5 Å². The smallest absolute Gasteiger partial charge is 0.260 e. The topological polar surface area (TPSA) is 90.1 Å². The van der Waals surface area contributed by atoms with Crippen molar-refractivity contribution in [1.82, 2.24) is 9.97 Å². The van der Waals surface area contributed by atoms with Gasteiger partial charge in [0.15, 0.2) is 0 Å². The molecule has 0 aliphatic carbocycles. The van der Waals surface area contributed by atoms with Crippen molar-refractivity contribution in [3.05, 3.63) is 41.3 Å². The molecule has 1 aromatic carbocycles. The van der Waals surface area contributed by atoms with Crippen LogP contribution >= 0.6 is 0 Å². The number of rotatable bonds is 3. The zero-order chi connectivity index (χ0) is 14.7. The second-order valence-electron chi connectivity index (χ2n) is 4.03. The van der Waals surface area contributed by atoms with E-state index in [4.69, 9.17) is 10.5 Å². The Hall–Kier alpha value is -2.70. The Balaban J connectivity index is 2.28. The quantitative estimate of drug-likeness (QED) is 0.834. The number of benzene rings is 1. The van der Waals surface area contributed by atoms with Gasteiger partial charge in [0.1, 0.15) is 5.82 Å². The number of para-hydroxylation sites is 1. The summed E-state index contributed by atoms with van der Waals surface area (Å²) in [4.78, 5) is 20.0. The molecule has 0 fully saturated rings. The van der Waals surface area contributed by atoms with Gasteiger partial charge in [-0.05, 0) is 19.1 Å². The summed E-state index contributed by atoms with van der Waals surface area (Å²) in [6, 6.07) is 5.61. The van der Waals surface area contributed by atoms with Gasteiger partial charge in [0, 0.05) is 11.8 Å². The lowest BCUT2D eigenvalue weighted by Gasteiger charge is -2.08. The van der Waals surface area contributed by atoms with E-state index in [-0.39, 0.29) is 17.2 Å². The lowest BCUT2D eigenvalue weighted by Crippen LogP contribution is -2.17. The van der Waals surface area contributed by atoms with Gasteiger partial charge in [0.25, 0.3) is 5.91 Å². The molecule has 1 heterocycles. The first-order valence-corrected chi connectivity index (χ1v) is 5.76. The highest BCUT2D eigenvalue weighted by Gasteiger charge is 2.14. The Morgan fingerprint density at radius 3 is 2.85 bits per heavy atom. The third kappa shape index (κ3) is 2.82. The van der Waals surface area contributed by atoms with Crippen LogP contribution in [0, 0.1) is 12.7 Å². The van der Waals surface area contributed by atoms with Crippen molar-refractivity contribution in [2.24, 2.45) is 0 Å². The molecule has 2 rings (SSSR count). The second kappa shape index (κ2) is 5.52. The Labute approximate surface area is 114 Å². The number of ether oxygens (including phenoxy) is 1. The fourth-order valence-corrected chi connectivity index (χ4v) is 1.60. The summed E-state index contributed by atoms with van der Waals surface area (Å²) in [7, 11) is 1.46. The zero-order valence-corrected chi connectivity index (χ0v) is 11.0. The van der Waals surface area contributed by atoms with Crippen LogP contribution < -0.4 is 15.8 Å². The number of nitrogens with one attached hydrogen (secondary N) is 1. The molecule has 0 atom stereocenters. The van der Waals surface area contributed by atoms with E-state index in [1.54, 1.807) is 13.0 Å². The first kappa shape index (κ1) is 13.7. The minimum atomic E-state index is -0.652. The van der Waals surface area contributed by atoms with Crippen LogP contribution in [-0.4, -0.2) is 23.0 Å². The van der Waals surface area contributed by atoms with Gasteiger partial charge < -0.3 is 10.5 Å². The van der Waals surface area contributed by atoms with Crippen LogP contribution in [0.1, 0.15) is 16.1 Å². The van der Waals surface area contributed by atoms with E-state index in [2.05, 4.69) is 15.3 Å². The van der Waals surface area contributed by atoms with Crippen LogP contribution in [-0.2, 0) is 0 Å². The maximum absolute atomic E-state index is 13.3. The van der Waals surface area contributed by atoms with Crippen molar-refractivity contribution in [3.63, 3.8) is 0 Å². The molecule has 1 aromatic heterocycles. The Kier molecular flexibility index (Phi) is 3.79. The van der Waals surface area contributed by atoms with Gasteiger partial charge in [-0.2, -0.15) is 4.98 Å². The molecule has 0 spiro atoms. The van der Waals surface area contributed by atoms with Crippen molar-refractivity contribution in [3.8, 4) is 5.88 Å². The first-order valence-electron chi connectivity index (χ1n) is 5.76. The molecule has 20 heavy (non-hydrogen) atoms. The number of hydrogen-bond acceptors (Lipinski definition) is 5. The predicted molar refractivity (Wildman–Crippen MR) is 72.1 cm³/mol. The number of nitrogens with zero attached hydrogens (tertiary/aromatic N) is 2. The highest BCUT2D eigenvalue weighted by molar-refractivity contribution is 6.07. The lowest BCUT2D eigenvalue weighted by molar-refractivity contribution is 0.102. The molecule has 3 N–H and O–H groups in total. The number of amides is 1. The molecular weight excluding hydrogens is 263 g/mol. The van der Waals surface area contributed by atoms with Crippen LogP contribution in [0.4, 0.5) is 16.0 Å². The van der Waals surface area contributed by atoms with E-state index in [1.165, 1.54) is 25.3 Å². The van der Waals surface area contributed by atoms with Gasteiger partial charge >= 0.3 is 0 Å². The normalized spacial score (nSPS) is 10.2. The summed E-state index contributed by atoms with van der Waals surface area (Å²) >= 11 is 0. The number of aromatic nitrogens is 2. The van der Waals surface area contributed by atoms with Gasteiger partial charge in [-0.1, -0.05) is 6.07 Å². The average Bonchev–Trinajstić information content (AvgIpc) is 2.41. The zero-order valence-electron chi connectivity index (χ0n) is 11.0. The highest BCUT2D eigenvalue weighted by Crippen LogP contribution is 2.17. The fourth-order valence-electron chi connectivity index (χ4n) is 1.60. The Bertz CT molecular complexity index is 661. The molecule has 104 valence electrons. The summed E-state index contributed by atoms with van der Waals surface area (Å²) in [5.74, 6) is -0.856. The van der Waals surface area contributed by atoms with Gasteiger partial charge in [0.2, 0.25) is 11.8 Å². The summed E-state index contributed by atoms with van der Waals surface area (Å²) in [5.41, 5.74) is 5.95. The fraction of sp³-hybridized carbons (Fsp3) is 0.154. The lowest BCUT2D eigenvalue weighted by atomic mass is 10.1. The van der Waals surface area contributed by atoms with Crippen molar-refractivity contribution in [1.29, 1.82) is 0 Å². The molecule has 0 saturated carbocycles. The van der Waals surface area contributed by atoms with Gasteiger partial charge in [0.05, 0.1) is 18.4 Å². The maximum Gasteiger partial charge on any atom is 0.260 e. The van der Waals surface area contributed by atoms with Crippen LogP contribution in [0.5, 0.6) is 5.88 Å². The minimum Gasteiger partial charge on any atom is -0.481 e. The van der Waals surface area contributed by atoms with Crippen LogP contribution in [0.2, 0.25) is 0 Å². The van der Waals surface area contributed by atoms with E-state index in [0.717, 1.165) is 0 Å². The van der Waals surface area contributed by atoms with E-state index >= 15 is 0 Å². The predicted octanol–water partition coefficient (Wildman–Crippen LogP) is 1.77. The van der Waals surface area contributed by atoms with E-state index in [1.807, 2.05) is 0 Å². The van der Waals surface area contributed by atoms with Crippen molar-refractivity contribution < 1.29 is 13.9 Å². The highest BCUT2D eigenvalue weighted by atomic mass is 19.1. The second-order valence-corrected chi connectivity index (χ2v) is 4.03. The summed E-state index contributed by atoms with van der Waals surface area (Å²) in [5, 5.41) is 2.45. The molecule has 0 aliphatic rings. The van der Waals surface area contributed by atoms with E-state index < -0.39 is 11.7 Å². The number of methoxy groups -OCH3 is 1. The first-order chi connectivity index (χ1) is 9.51. The van der Waals surface area contributed by atoms with Crippen LogP contribution in [0.25, 0.3) is 0 Å². The van der Waals surface area contributed by atoms with Crippen molar-refractivity contribution in [2.75, 3.05) is 18.2 Å². The number of anilines is 2. The Morgan fingerprint density at radius 2 is 2.15 bits per heavy atom. The molecule has 2 aromatic rings. The largest absolute Gasteiger partial charge is 0.481 e. The van der Waals surface area contributed by atoms with Gasteiger partial charge in [-0.25, -0.2) is 9.37 Å². The minimum absolute atomic E-state index is 0.0223. The molecule has 6 nitrogen and oxygen atoms in total. The van der Waals surface area contributed by atoms with E-state index in [9.17, 15) is 9.18 Å². The average molecular weight is 276 g/mol. The molecule has 7 heteroatoms. The standard InChI is InChI=1S/C13H13FN4O2/c1-7-6-10(20-2)17-13(16-7)18-12(19)8-4-3-5-9(14)11(8)15/h3-6H,15H2,1-2H3,(H,16,17,18,19). The molecule has 0 radical (unpaired) electrons. The number of nitrogen functional groups attached to an aromatic ring is 1. The molecule has 0 unspecified atom stereocenters. The third-order valence-electron chi connectivity index (χ3n) is 2.56. The van der Waals surface area contributed by atoms with Crippen LogP contribution in [0.15, 0.2) is 24.3 Å². The molecule has 1 amide bonds. The van der Waals surface area contributed by atoms with Gasteiger partial charge in [-0.15, -0.1) is 0 Å². The van der Waals surface area contributed by atoms with Crippen molar-refractivity contribution in [2.45, 2.75) is 6.92 Å². The van der Waals surface area contributed by atoms with Crippen LogP contribution in [0.3, 0.4) is 0 Å². The summed E-state index contributed by atoms with van der Waals surface area (Å²) in [6.45, 7) is 1.73. The number of hydrogen-bond donors (Lipinski definition) is 2. The molecule has 0 saturated heterocycles. The van der Waals surface area contributed by atoms with Gasteiger partial charge in [-0.3, -0.25) is 10.1 Å². The van der Waals surface area contributed by atoms with E-state index in [0.29, 0.717) is 11.6 Å². The summed E-state index contributed by atoms with van der Waals surface area (Å²) < 4.78 is 18.3. The number of carbonyl (C=O) groups excluding carboxylic acids is 1. The third-order valence-corrected chi connectivity index (χ3v) is 2.56. The summed E-state index contributed by atoms with van der Waals surface area (Å²) in [6.07, 6.45) is 0. The number of carbonyl (C=O) groups is 1. The number of aryl methyl sites for hydroxylation is 1. The maximum atomic E-state index is 13.3.